The average molecular weight is 431 g/mol. The maximum atomic E-state index is 13.0. The molecule has 164 valence electrons. The van der Waals surface area contributed by atoms with Gasteiger partial charge in [-0.25, -0.2) is 4.98 Å². The minimum Gasteiger partial charge on any atom is -0.495 e. The van der Waals surface area contributed by atoms with Crippen LogP contribution < -0.4 is 15.4 Å². The molecular weight excluding hydrogens is 406 g/mol. The predicted molar refractivity (Wildman–Crippen MR) is 121 cm³/mol. The number of hydrogen-bond acceptors (Lipinski definition) is 6. The van der Waals surface area contributed by atoms with E-state index in [1.807, 2.05) is 29.2 Å². The summed E-state index contributed by atoms with van der Waals surface area (Å²) in [7, 11) is 1.60. The molecule has 4 rings (SSSR count). The summed E-state index contributed by atoms with van der Waals surface area (Å²) in [6.07, 6.45) is 6.25. The summed E-state index contributed by atoms with van der Waals surface area (Å²) in [5, 5.41) is 6.29. The van der Waals surface area contributed by atoms with Crippen molar-refractivity contribution in [3.05, 3.63) is 78.2 Å². The van der Waals surface area contributed by atoms with E-state index < -0.39 is 0 Å². The van der Waals surface area contributed by atoms with E-state index in [0.717, 1.165) is 5.69 Å². The molecule has 3 aromatic rings. The number of carbonyl (C=O) groups is 2. The number of rotatable bonds is 6. The molecule has 0 unspecified atom stereocenters. The summed E-state index contributed by atoms with van der Waals surface area (Å²) in [5.74, 6) is 0.915. The van der Waals surface area contributed by atoms with Crippen molar-refractivity contribution in [3.8, 4) is 5.75 Å². The van der Waals surface area contributed by atoms with E-state index in [-0.39, 0.29) is 17.9 Å². The number of ether oxygens (including phenoxy) is 1. The van der Waals surface area contributed by atoms with E-state index in [2.05, 4.69) is 20.6 Å². The number of piperidine rings is 1. The van der Waals surface area contributed by atoms with Gasteiger partial charge in [-0.2, -0.15) is 0 Å². The van der Waals surface area contributed by atoms with Crippen LogP contribution in [-0.2, 0) is 0 Å². The number of carbonyl (C=O) groups excluding carboxylic acids is 2. The second-order valence-electron chi connectivity index (χ2n) is 7.50. The van der Waals surface area contributed by atoms with Crippen molar-refractivity contribution in [3.63, 3.8) is 0 Å². The zero-order valence-electron chi connectivity index (χ0n) is 17.8. The molecule has 1 aliphatic rings. The molecule has 1 fully saturated rings. The maximum Gasteiger partial charge on any atom is 0.255 e. The van der Waals surface area contributed by atoms with E-state index in [4.69, 9.17) is 4.74 Å². The third kappa shape index (κ3) is 4.85. The molecule has 0 radical (unpaired) electrons. The van der Waals surface area contributed by atoms with Crippen LogP contribution >= 0.6 is 0 Å². The number of hydrogen-bond donors (Lipinski definition) is 2. The molecule has 0 aliphatic carbocycles. The topological polar surface area (TPSA) is 96.5 Å². The molecule has 2 aromatic heterocycles. The first kappa shape index (κ1) is 21.3. The van der Waals surface area contributed by atoms with Gasteiger partial charge in [-0.05, 0) is 49.2 Å². The van der Waals surface area contributed by atoms with Gasteiger partial charge in [0, 0.05) is 43.3 Å². The Hall–Kier alpha value is -3.94. The molecule has 1 aromatic carbocycles. The fraction of sp³-hybridized carbons (Fsp3) is 0.250. The number of nitrogens with one attached hydrogen (secondary N) is 2. The number of methoxy groups -OCH3 is 1. The molecular formula is C24H25N5O3. The van der Waals surface area contributed by atoms with Crippen LogP contribution in [0.4, 0.5) is 11.5 Å². The molecule has 0 saturated carbocycles. The van der Waals surface area contributed by atoms with Crippen LogP contribution in [0.1, 0.15) is 33.6 Å². The lowest BCUT2D eigenvalue weighted by Gasteiger charge is -2.32. The number of benzene rings is 1. The second-order valence-corrected chi connectivity index (χ2v) is 7.50. The number of para-hydroxylation sites is 2. The summed E-state index contributed by atoms with van der Waals surface area (Å²) in [6, 6.07) is 14.4. The quantitative estimate of drug-likeness (QED) is 0.622. The molecule has 8 heteroatoms. The number of aromatic nitrogens is 2. The molecule has 8 nitrogen and oxygen atoms in total. The van der Waals surface area contributed by atoms with Crippen molar-refractivity contribution < 1.29 is 14.3 Å². The van der Waals surface area contributed by atoms with Crippen LogP contribution in [0.25, 0.3) is 0 Å². The summed E-state index contributed by atoms with van der Waals surface area (Å²) in [5.41, 5.74) is 1.81. The first-order valence-corrected chi connectivity index (χ1v) is 10.5. The third-order valence-corrected chi connectivity index (χ3v) is 5.46. The molecule has 1 aliphatic heterocycles. The fourth-order valence-corrected chi connectivity index (χ4v) is 3.73. The summed E-state index contributed by atoms with van der Waals surface area (Å²) < 4.78 is 5.37. The number of anilines is 2. The summed E-state index contributed by atoms with van der Waals surface area (Å²) >= 11 is 0. The zero-order chi connectivity index (χ0) is 22.3. The summed E-state index contributed by atoms with van der Waals surface area (Å²) in [6.45, 7) is 1.18. The fourth-order valence-electron chi connectivity index (χ4n) is 3.73. The first-order valence-electron chi connectivity index (χ1n) is 10.5. The maximum absolute atomic E-state index is 13.0. The number of amides is 2. The van der Waals surface area contributed by atoms with Gasteiger partial charge in [0.2, 0.25) is 0 Å². The smallest absolute Gasteiger partial charge is 0.255 e. The van der Waals surface area contributed by atoms with Gasteiger partial charge in [-0.1, -0.05) is 12.1 Å². The molecule has 1 saturated heterocycles. The van der Waals surface area contributed by atoms with Gasteiger partial charge in [-0.15, -0.1) is 0 Å². The second kappa shape index (κ2) is 9.91. The van der Waals surface area contributed by atoms with Crippen LogP contribution in [0.2, 0.25) is 0 Å². The van der Waals surface area contributed by atoms with Crippen molar-refractivity contribution in [2.24, 2.45) is 0 Å². The minimum absolute atomic E-state index is 0.00673. The van der Waals surface area contributed by atoms with Gasteiger partial charge in [0.25, 0.3) is 11.8 Å². The highest BCUT2D eigenvalue weighted by Gasteiger charge is 2.25. The Kier molecular flexibility index (Phi) is 6.60. The van der Waals surface area contributed by atoms with Crippen LogP contribution in [-0.4, -0.2) is 52.9 Å². The lowest BCUT2D eigenvalue weighted by Crippen LogP contribution is -2.46. The van der Waals surface area contributed by atoms with Gasteiger partial charge < -0.3 is 20.3 Å². The normalized spacial score (nSPS) is 14.0. The monoisotopic (exact) mass is 431 g/mol. The number of nitrogens with zero attached hydrogens (tertiary/aromatic N) is 3. The van der Waals surface area contributed by atoms with Crippen molar-refractivity contribution in [1.29, 1.82) is 0 Å². The van der Waals surface area contributed by atoms with Gasteiger partial charge >= 0.3 is 0 Å². The van der Waals surface area contributed by atoms with Crippen molar-refractivity contribution in [1.82, 2.24) is 20.2 Å². The van der Waals surface area contributed by atoms with E-state index in [1.165, 1.54) is 0 Å². The van der Waals surface area contributed by atoms with E-state index in [9.17, 15) is 9.59 Å². The Labute approximate surface area is 186 Å². The van der Waals surface area contributed by atoms with Gasteiger partial charge in [0.05, 0.1) is 18.4 Å². The third-order valence-electron chi connectivity index (χ3n) is 5.46. The Balaban J connectivity index is 1.38. The molecule has 0 bridgehead atoms. The highest BCUT2D eigenvalue weighted by molar-refractivity contribution is 5.99. The highest BCUT2D eigenvalue weighted by Crippen LogP contribution is 2.27. The van der Waals surface area contributed by atoms with Crippen molar-refractivity contribution in [2.75, 3.05) is 25.5 Å². The van der Waals surface area contributed by atoms with Crippen LogP contribution in [0.3, 0.4) is 0 Å². The standard InChI is InChI=1S/C24H25N5O3/c1-32-21-7-3-2-6-20(21)28-22-19(5-4-12-26-22)23(30)27-18-10-15-29(16-11-18)24(31)17-8-13-25-14-9-17/h2-9,12-14,18H,10-11,15-16H2,1H3,(H,26,28)(H,27,30). The van der Waals surface area contributed by atoms with Crippen LogP contribution in [0.5, 0.6) is 5.75 Å². The first-order chi connectivity index (χ1) is 15.7. The Morgan fingerprint density at radius 3 is 2.50 bits per heavy atom. The SMILES string of the molecule is COc1ccccc1Nc1ncccc1C(=O)NC1CCN(C(=O)c2ccncc2)CC1. The number of likely N-dealkylation sites (tertiary alicyclic amines) is 1. The van der Waals surface area contributed by atoms with Crippen LogP contribution in [0, 0.1) is 0 Å². The van der Waals surface area contributed by atoms with E-state index >= 15 is 0 Å². The minimum atomic E-state index is -0.200. The predicted octanol–water partition coefficient (Wildman–Crippen LogP) is 3.26. The van der Waals surface area contributed by atoms with Gasteiger partial charge in [0.1, 0.15) is 11.6 Å². The van der Waals surface area contributed by atoms with Gasteiger partial charge in [0.15, 0.2) is 0 Å². The Bertz CT molecular complexity index is 1080. The van der Waals surface area contributed by atoms with Crippen molar-refractivity contribution in [2.45, 2.75) is 18.9 Å². The molecule has 2 N–H and O–H groups in total. The van der Waals surface area contributed by atoms with E-state index in [0.29, 0.717) is 48.6 Å². The lowest BCUT2D eigenvalue weighted by molar-refractivity contribution is 0.0698. The molecule has 0 spiro atoms. The zero-order valence-corrected chi connectivity index (χ0v) is 17.8. The molecule has 2 amide bonds. The van der Waals surface area contributed by atoms with Crippen molar-refractivity contribution >= 4 is 23.3 Å². The average Bonchev–Trinajstić information content (AvgIpc) is 2.85. The van der Waals surface area contributed by atoms with Gasteiger partial charge in [-0.3, -0.25) is 14.6 Å². The van der Waals surface area contributed by atoms with E-state index in [1.54, 1.807) is 50.0 Å². The number of pyridine rings is 2. The molecule has 3 heterocycles. The Morgan fingerprint density at radius 1 is 1.00 bits per heavy atom. The molecule has 32 heavy (non-hydrogen) atoms. The van der Waals surface area contributed by atoms with Crippen LogP contribution in [0.15, 0.2) is 67.1 Å². The molecule has 0 atom stereocenters. The summed E-state index contributed by atoms with van der Waals surface area (Å²) in [4.78, 5) is 35.7. The Morgan fingerprint density at radius 2 is 1.75 bits per heavy atom. The highest BCUT2D eigenvalue weighted by atomic mass is 16.5. The lowest BCUT2D eigenvalue weighted by atomic mass is 10.0. The largest absolute Gasteiger partial charge is 0.495 e.